The highest BCUT2D eigenvalue weighted by Gasteiger charge is 2.24. The minimum absolute atomic E-state index is 0.0701. The first kappa shape index (κ1) is 29.3. The summed E-state index contributed by atoms with van der Waals surface area (Å²) in [7, 11) is 0. The number of carbonyl (C=O) groups excluding carboxylic acids is 4. The Labute approximate surface area is 226 Å². The van der Waals surface area contributed by atoms with Gasteiger partial charge in [-0.25, -0.2) is 0 Å². The third-order valence-corrected chi connectivity index (χ3v) is 7.21. The van der Waals surface area contributed by atoms with E-state index in [-0.39, 0.29) is 33.5 Å². The lowest BCUT2D eigenvalue weighted by Crippen LogP contribution is -2.42. The highest BCUT2D eigenvalue weighted by Crippen LogP contribution is 2.27. The molecule has 2 amide bonds. The number of benzene rings is 2. The quantitative estimate of drug-likeness (QED) is 0.399. The van der Waals surface area contributed by atoms with Crippen molar-refractivity contribution < 1.29 is 19.2 Å². The number of rotatable bonds is 0. The highest BCUT2D eigenvalue weighted by atomic mass is 16.2. The second-order valence-electron chi connectivity index (χ2n) is 12.4. The van der Waals surface area contributed by atoms with Crippen LogP contribution in [0.2, 0.25) is 0 Å². The molecular formula is C32H42N2O4. The molecule has 2 aromatic carbocycles. The molecule has 6 heteroatoms. The van der Waals surface area contributed by atoms with Gasteiger partial charge in [-0.05, 0) is 59.1 Å². The van der Waals surface area contributed by atoms with Crippen molar-refractivity contribution in [2.75, 3.05) is 0 Å². The maximum atomic E-state index is 13.2. The average molecular weight is 519 g/mol. The van der Waals surface area contributed by atoms with Gasteiger partial charge in [0.2, 0.25) is 0 Å². The zero-order chi connectivity index (χ0) is 28.1. The summed E-state index contributed by atoms with van der Waals surface area (Å²) in [5, 5.41) is 0. The molecular weight excluding hydrogens is 476 g/mol. The summed E-state index contributed by atoms with van der Waals surface area (Å²) in [6.45, 7) is 12.4. The lowest BCUT2D eigenvalue weighted by molar-refractivity contribution is 0.0841. The normalized spacial score (nSPS) is 17.0. The van der Waals surface area contributed by atoms with Gasteiger partial charge >= 0.3 is 0 Å². The molecule has 38 heavy (non-hydrogen) atoms. The summed E-state index contributed by atoms with van der Waals surface area (Å²) >= 11 is 0. The van der Waals surface area contributed by atoms with E-state index in [0.717, 1.165) is 49.7 Å². The second-order valence-corrected chi connectivity index (χ2v) is 12.4. The molecule has 0 saturated heterocycles. The number of hydrazine groups is 1. The molecule has 0 radical (unpaired) electrons. The number of hydrogen-bond acceptors (Lipinski definition) is 4. The fraction of sp³-hybridized carbons (Fsp3) is 0.500. The minimum atomic E-state index is -0.567. The number of nitrogens with one attached hydrogen (secondary N) is 2. The Bertz CT molecular complexity index is 1120. The molecule has 2 aromatic rings. The van der Waals surface area contributed by atoms with Gasteiger partial charge in [0.05, 0.1) is 11.1 Å². The van der Waals surface area contributed by atoms with Crippen molar-refractivity contribution in [2.45, 2.75) is 104 Å². The van der Waals surface area contributed by atoms with Crippen molar-refractivity contribution in [1.82, 2.24) is 10.9 Å². The molecule has 0 aromatic heterocycles. The van der Waals surface area contributed by atoms with Crippen LogP contribution in [0.3, 0.4) is 0 Å². The fourth-order valence-electron chi connectivity index (χ4n) is 4.67. The first-order chi connectivity index (χ1) is 17.8. The van der Waals surface area contributed by atoms with Crippen molar-refractivity contribution in [2.24, 2.45) is 0 Å². The smallest absolute Gasteiger partial charge is 0.270 e. The van der Waals surface area contributed by atoms with E-state index in [0.29, 0.717) is 24.0 Å². The molecule has 6 nitrogen and oxygen atoms in total. The Morgan fingerprint density at radius 3 is 1.18 bits per heavy atom. The van der Waals surface area contributed by atoms with Crippen LogP contribution in [0.1, 0.15) is 145 Å². The molecule has 3 rings (SSSR count). The number of fused-ring (bicyclic) bond motifs is 2. The van der Waals surface area contributed by atoms with E-state index in [1.54, 1.807) is 24.3 Å². The molecule has 0 unspecified atom stereocenters. The lowest BCUT2D eigenvalue weighted by Gasteiger charge is -2.22. The van der Waals surface area contributed by atoms with Crippen LogP contribution in [0.25, 0.3) is 0 Å². The fourth-order valence-corrected chi connectivity index (χ4v) is 4.67. The van der Waals surface area contributed by atoms with Gasteiger partial charge in [0.1, 0.15) is 0 Å². The molecule has 0 aliphatic carbocycles. The minimum Gasteiger partial charge on any atom is -0.294 e. The monoisotopic (exact) mass is 518 g/mol. The van der Waals surface area contributed by atoms with Gasteiger partial charge in [-0.3, -0.25) is 30.0 Å². The van der Waals surface area contributed by atoms with Crippen LogP contribution in [0.15, 0.2) is 36.4 Å². The Kier molecular flexibility index (Phi) is 9.29. The molecule has 0 spiro atoms. The molecule has 0 bridgehead atoms. The van der Waals surface area contributed by atoms with Crippen molar-refractivity contribution in [3.8, 4) is 0 Å². The number of ketones is 2. The maximum absolute atomic E-state index is 13.2. The zero-order valence-corrected chi connectivity index (χ0v) is 23.8. The van der Waals surface area contributed by atoms with Crippen LogP contribution in [-0.4, -0.2) is 23.4 Å². The van der Waals surface area contributed by atoms with Gasteiger partial charge in [-0.2, -0.15) is 0 Å². The molecule has 1 heterocycles. The van der Waals surface area contributed by atoms with E-state index in [9.17, 15) is 19.2 Å². The van der Waals surface area contributed by atoms with Crippen LogP contribution in [-0.2, 0) is 10.8 Å². The number of Topliss-reactive ketones (excluding diaryl/α,β-unsaturated/α-hetero) is 2. The van der Waals surface area contributed by atoms with Crippen LogP contribution >= 0.6 is 0 Å². The van der Waals surface area contributed by atoms with Gasteiger partial charge in [0, 0.05) is 24.0 Å². The Morgan fingerprint density at radius 2 is 0.842 bits per heavy atom. The summed E-state index contributed by atoms with van der Waals surface area (Å²) in [6.07, 6.45) is 6.05. The summed E-state index contributed by atoms with van der Waals surface area (Å²) in [5.74, 6) is -1.27. The molecule has 204 valence electrons. The first-order valence-corrected chi connectivity index (χ1v) is 13.7. The number of amides is 2. The van der Waals surface area contributed by atoms with Gasteiger partial charge in [-0.1, -0.05) is 79.4 Å². The van der Waals surface area contributed by atoms with Crippen LogP contribution in [0, 0.1) is 0 Å². The first-order valence-electron chi connectivity index (χ1n) is 13.7. The van der Waals surface area contributed by atoms with Crippen molar-refractivity contribution >= 4 is 23.4 Å². The van der Waals surface area contributed by atoms with Gasteiger partial charge in [0.15, 0.2) is 11.6 Å². The predicted molar refractivity (Wildman–Crippen MR) is 151 cm³/mol. The largest absolute Gasteiger partial charge is 0.294 e. The Hall–Kier alpha value is -3.28. The van der Waals surface area contributed by atoms with Gasteiger partial charge in [0.25, 0.3) is 11.8 Å². The van der Waals surface area contributed by atoms with E-state index in [4.69, 9.17) is 0 Å². The third kappa shape index (κ3) is 7.40. The van der Waals surface area contributed by atoms with Crippen molar-refractivity contribution in [3.05, 3.63) is 69.8 Å². The predicted octanol–water partition coefficient (Wildman–Crippen LogP) is 6.86. The average Bonchev–Trinajstić information content (AvgIpc) is 2.86. The Balaban J connectivity index is 1.97. The van der Waals surface area contributed by atoms with Crippen LogP contribution in [0.4, 0.5) is 0 Å². The highest BCUT2D eigenvalue weighted by molar-refractivity contribution is 6.11. The topological polar surface area (TPSA) is 92.3 Å². The standard InChI is InChI=1S/C32H42N2O4/c1-31(2,3)21-15-17-23-25(19-21)27(35)13-11-9-7-8-10-12-14-28(36)26-20-22(32(4,5)6)16-18-24(26)30(38)34-33-29(23)37/h15-20H,7-14H2,1-6H3,(H,33,37)(H,34,38). The number of carbonyl (C=O) groups is 4. The van der Waals surface area contributed by atoms with Gasteiger partial charge < -0.3 is 0 Å². The number of hydrogen-bond donors (Lipinski definition) is 2. The summed E-state index contributed by atoms with van der Waals surface area (Å²) in [5.41, 5.74) is 7.69. The SMILES string of the molecule is CC(C)(C)c1ccc2c(c1)C(=O)CCCCCCCCC(=O)c1cc(C(C)(C)C)ccc1C(=O)NNC2=O. The van der Waals surface area contributed by atoms with Crippen molar-refractivity contribution in [1.29, 1.82) is 0 Å². The molecule has 1 aliphatic rings. The summed E-state index contributed by atoms with van der Waals surface area (Å²) in [4.78, 5) is 52.7. The van der Waals surface area contributed by atoms with E-state index in [1.165, 1.54) is 0 Å². The van der Waals surface area contributed by atoms with E-state index < -0.39 is 11.8 Å². The molecule has 0 atom stereocenters. The maximum Gasteiger partial charge on any atom is 0.270 e. The van der Waals surface area contributed by atoms with E-state index in [2.05, 4.69) is 52.4 Å². The van der Waals surface area contributed by atoms with Crippen LogP contribution < -0.4 is 10.9 Å². The molecule has 1 aliphatic heterocycles. The third-order valence-electron chi connectivity index (χ3n) is 7.21. The summed E-state index contributed by atoms with van der Waals surface area (Å²) in [6, 6.07) is 10.6. The zero-order valence-electron chi connectivity index (χ0n) is 23.8. The molecule has 0 saturated carbocycles. The van der Waals surface area contributed by atoms with E-state index >= 15 is 0 Å². The van der Waals surface area contributed by atoms with E-state index in [1.807, 2.05) is 12.1 Å². The second kappa shape index (κ2) is 12.1. The lowest BCUT2D eigenvalue weighted by atomic mass is 9.84. The van der Waals surface area contributed by atoms with Crippen molar-refractivity contribution in [3.63, 3.8) is 0 Å². The molecule has 2 N–H and O–H groups in total. The van der Waals surface area contributed by atoms with Gasteiger partial charge in [-0.15, -0.1) is 0 Å². The molecule has 0 fully saturated rings. The summed E-state index contributed by atoms with van der Waals surface area (Å²) < 4.78 is 0. The Morgan fingerprint density at radius 1 is 0.500 bits per heavy atom. The van der Waals surface area contributed by atoms with Crippen LogP contribution in [0.5, 0.6) is 0 Å².